The minimum absolute atomic E-state index is 0. The number of nitrogens with zero attached hydrogens (tertiary/aromatic N) is 1. The molecule has 1 unspecified atom stereocenters. The zero-order chi connectivity index (χ0) is 14.4. The van der Waals surface area contributed by atoms with Crippen LogP contribution in [-0.2, 0) is 16.1 Å². The summed E-state index contributed by atoms with van der Waals surface area (Å²) in [7, 11) is 0. The smallest absolute Gasteiger partial charge is 0.237 e. The fourth-order valence-electron chi connectivity index (χ4n) is 2.49. The van der Waals surface area contributed by atoms with E-state index in [2.05, 4.69) is 5.32 Å². The topological polar surface area (TPSA) is 75.4 Å². The van der Waals surface area contributed by atoms with Crippen LogP contribution in [0.5, 0.6) is 0 Å². The SMILES string of the molecule is Cl.NC(=O)CN(Cc1ccccc1)C(=O)CC1CCCN1. The highest BCUT2D eigenvalue weighted by Crippen LogP contribution is 2.12. The summed E-state index contributed by atoms with van der Waals surface area (Å²) in [6.07, 6.45) is 2.55. The number of nitrogens with two attached hydrogens (primary N) is 1. The van der Waals surface area contributed by atoms with Crippen LogP contribution in [0.1, 0.15) is 24.8 Å². The maximum atomic E-state index is 12.3. The van der Waals surface area contributed by atoms with E-state index in [9.17, 15) is 9.59 Å². The highest BCUT2D eigenvalue weighted by Gasteiger charge is 2.22. The maximum absolute atomic E-state index is 12.3. The molecule has 0 saturated carbocycles. The summed E-state index contributed by atoms with van der Waals surface area (Å²) in [5.74, 6) is -0.499. The van der Waals surface area contributed by atoms with E-state index in [4.69, 9.17) is 5.73 Å². The molecule has 1 saturated heterocycles. The first kappa shape index (κ1) is 17.5. The monoisotopic (exact) mass is 311 g/mol. The molecule has 1 aliphatic rings. The molecule has 21 heavy (non-hydrogen) atoms. The second-order valence-electron chi connectivity index (χ2n) is 5.20. The predicted octanol–water partition coefficient (Wildman–Crippen LogP) is 1.06. The Hall–Kier alpha value is -1.59. The number of hydrogen-bond acceptors (Lipinski definition) is 3. The lowest BCUT2D eigenvalue weighted by Crippen LogP contribution is -2.40. The van der Waals surface area contributed by atoms with Crippen LogP contribution in [0.2, 0.25) is 0 Å². The molecule has 2 rings (SSSR count). The normalized spacial score (nSPS) is 17.0. The fourth-order valence-corrected chi connectivity index (χ4v) is 2.49. The summed E-state index contributed by atoms with van der Waals surface area (Å²) in [5, 5.41) is 3.30. The van der Waals surface area contributed by atoms with Crippen LogP contribution in [0.3, 0.4) is 0 Å². The zero-order valence-corrected chi connectivity index (χ0v) is 12.8. The van der Waals surface area contributed by atoms with Gasteiger partial charge in [-0.15, -0.1) is 12.4 Å². The second kappa shape index (κ2) is 8.64. The van der Waals surface area contributed by atoms with Gasteiger partial charge in [0.2, 0.25) is 11.8 Å². The molecule has 1 fully saturated rings. The number of rotatable bonds is 6. The summed E-state index contributed by atoms with van der Waals surface area (Å²) in [6.45, 7) is 1.36. The van der Waals surface area contributed by atoms with E-state index in [1.54, 1.807) is 0 Å². The molecule has 1 heterocycles. The average Bonchev–Trinajstić information content (AvgIpc) is 2.91. The van der Waals surface area contributed by atoms with Crippen LogP contribution >= 0.6 is 12.4 Å². The van der Waals surface area contributed by atoms with Gasteiger partial charge in [0.15, 0.2) is 0 Å². The third kappa shape index (κ3) is 5.73. The number of carbonyl (C=O) groups excluding carboxylic acids is 2. The van der Waals surface area contributed by atoms with Crippen LogP contribution < -0.4 is 11.1 Å². The van der Waals surface area contributed by atoms with Gasteiger partial charge >= 0.3 is 0 Å². The fraction of sp³-hybridized carbons (Fsp3) is 0.467. The number of carbonyl (C=O) groups is 2. The molecule has 1 aromatic rings. The van der Waals surface area contributed by atoms with Gasteiger partial charge in [0.25, 0.3) is 0 Å². The zero-order valence-electron chi connectivity index (χ0n) is 12.0. The highest BCUT2D eigenvalue weighted by atomic mass is 35.5. The van der Waals surface area contributed by atoms with Crippen LogP contribution in [0, 0.1) is 0 Å². The number of benzene rings is 1. The van der Waals surface area contributed by atoms with Crippen LogP contribution in [0.25, 0.3) is 0 Å². The number of amides is 2. The Morgan fingerprint density at radius 3 is 2.57 bits per heavy atom. The second-order valence-corrected chi connectivity index (χ2v) is 5.20. The highest BCUT2D eigenvalue weighted by molar-refractivity contribution is 5.85. The lowest BCUT2D eigenvalue weighted by atomic mass is 10.1. The van der Waals surface area contributed by atoms with Crippen LogP contribution in [-0.4, -0.2) is 35.8 Å². The molecule has 1 atom stereocenters. The quantitative estimate of drug-likeness (QED) is 0.825. The molecule has 3 N–H and O–H groups in total. The maximum Gasteiger partial charge on any atom is 0.237 e. The van der Waals surface area contributed by atoms with Crippen molar-refractivity contribution in [2.24, 2.45) is 5.73 Å². The van der Waals surface area contributed by atoms with Crippen LogP contribution in [0.4, 0.5) is 0 Å². The summed E-state index contributed by atoms with van der Waals surface area (Å²) in [4.78, 5) is 25.0. The van der Waals surface area contributed by atoms with E-state index in [-0.39, 0.29) is 30.9 Å². The summed E-state index contributed by atoms with van der Waals surface area (Å²) >= 11 is 0. The van der Waals surface area contributed by atoms with Gasteiger partial charge in [0.05, 0.1) is 6.54 Å². The van der Waals surface area contributed by atoms with Crippen molar-refractivity contribution in [1.82, 2.24) is 10.2 Å². The van der Waals surface area contributed by atoms with E-state index in [0.717, 1.165) is 24.9 Å². The van der Waals surface area contributed by atoms with Crippen molar-refractivity contribution in [3.63, 3.8) is 0 Å². The Morgan fingerprint density at radius 1 is 1.29 bits per heavy atom. The van der Waals surface area contributed by atoms with Crippen molar-refractivity contribution in [2.75, 3.05) is 13.1 Å². The number of hydrogen-bond donors (Lipinski definition) is 2. The molecular formula is C15H22ClN3O2. The Bertz CT molecular complexity index is 461. The van der Waals surface area contributed by atoms with Gasteiger partial charge in [-0.05, 0) is 24.9 Å². The lowest BCUT2D eigenvalue weighted by Gasteiger charge is -2.23. The van der Waals surface area contributed by atoms with Crippen LogP contribution in [0.15, 0.2) is 30.3 Å². The number of primary amides is 1. The Balaban J connectivity index is 0.00000220. The Kier molecular flexibility index (Phi) is 7.19. The van der Waals surface area contributed by atoms with Crippen molar-refractivity contribution >= 4 is 24.2 Å². The Labute approximate surface area is 131 Å². The molecule has 5 nitrogen and oxygen atoms in total. The molecule has 6 heteroatoms. The molecule has 0 aromatic heterocycles. The van der Waals surface area contributed by atoms with Gasteiger partial charge in [-0.1, -0.05) is 30.3 Å². The Morgan fingerprint density at radius 2 is 2.00 bits per heavy atom. The molecule has 116 valence electrons. The molecule has 1 aliphatic heterocycles. The third-order valence-corrected chi connectivity index (χ3v) is 3.50. The summed E-state index contributed by atoms with van der Waals surface area (Å²) in [5.41, 5.74) is 6.25. The van der Waals surface area contributed by atoms with Gasteiger partial charge in [0.1, 0.15) is 0 Å². The lowest BCUT2D eigenvalue weighted by molar-refractivity contribution is -0.136. The van der Waals surface area contributed by atoms with Crippen molar-refractivity contribution in [2.45, 2.75) is 31.8 Å². The first-order chi connectivity index (χ1) is 9.65. The standard InChI is InChI=1S/C15H21N3O2.ClH/c16-14(19)11-18(10-12-5-2-1-3-6-12)15(20)9-13-7-4-8-17-13;/h1-3,5-6,13,17H,4,7-11H2,(H2,16,19);1H. The molecule has 1 aromatic carbocycles. The van der Waals surface area contributed by atoms with Gasteiger partial charge in [-0.3, -0.25) is 9.59 Å². The molecule has 0 radical (unpaired) electrons. The van der Waals surface area contributed by atoms with E-state index >= 15 is 0 Å². The first-order valence-corrected chi connectivity index (χ1v) is 6.98. The van der Waals surface area contributed by atoms with E-state index < -0.39 is 5.91 Å². The van der Waals surface area contributed by atoms with Gasteiger partial charge in [-0.2, -0.15) is 0 Å². The summed E-state index contributed by atoms with van der Waals surface area (Å²) < 4.78 is 0. The number of halogens is 1. The van der Waals surface area contributed by atoms with Crippen molar-refractivity contribution in [1.29, 1.82) is 0 Å². The average molecular weight is 312 g/mol. The van der Waals surface area contributed by atoms with Gasteiger partial charge in [-0.25, -0.2) is 0 Å². The first-order valence-electron chi connectivity index (χ1n) is 6.98. The molecule has 2 amide bonds. The third-order valence-electron chi connectivity index (χ3n) is 3.50. The van der Waals surface area contributed by atoms with Gasteiger partial charge < -0.3 is 16.0 Å². The van der Waals surface area contributed by atoms with Crippen molar-refractivity contribution in [3.05, 3.63) is 35.9 Å². The van der Waals surface area contributed by atoms with Crippen molar-refractivity contribution < 1.29 is 9.59 Å². The van der Waals surface area contributed by atoms with Crippen molar-refractivity contribution in [3.8, 4) is 0 Å². The summed E-state index contributed by atoms with van der Waals surface area (Å²) in [6, 6.07) is 9.87. The minimum atomic E-state index is -0.478. The van der Waals surface area contributed by atoms with Gasteiger partial charge in [0, 0.05) is 19.0 Å². The largest absolute Gasteiger partial charge is 0.368 e. The molecule has 0 aliphatic carbocycles. The molecule has 0 spiro atoms. The van der Waals surface area contributed by atoms with E-state index in [0.29, 0.717) is 13.0 Å². The molecule has 0 bridgehead atoms. The minimum Gasteiger partial charge on any atom is -0.368 e. The molecular weight excluding hydrogens is 290 g/mol. The number of nitrogens with one attached hydrogen (secondary N) is 1. The van der Waals surface area contributed by atoms with E-state index in [1.165, 1.54) is 4.90 Å². The predicted molar refractivity (Wildman–Crippen MR) is 83.9 cm³/mol. The van der Waals surface area contributed by atoms with E-state index in [1.807, 2.05) is 30.3 Å².